The number of nitrogens with one attached hydrogen (secondary N) is 1. The summed E-state index contributed by atoms with van der Waals surface area (Å²) in [5.41, 5.74) is 1.02. The number of aryl methyl sites for hydroxylation is 1. The largest absolute Gasteiger partial charge is 0.480 e. The molecule has 1 fully saturated rings. The summed E-state index contributed by atoms with van der Waals surface area (Å²) in [6.07, 6.45) is 0. The van der Waals surface area contributed by atoms with Crippen LogP contribution in [0.4, 0.5) is 4.39 Å². The standard InChI is InChI=1S/C18H26FN3O3/c1-12(2)20-16(23)11-21-6-8-22(9-7-21)17(18(24)25)14-4-5-15(19)13(3)10-14/h4-5,10,12,17H,6-9,11H2,1-3H3,(H,20,23)(H,24,25). The molecule has 0 aliphatic carbocycles. The molecule has 138 valence electrons. The van der Waals surface area contributed by atoms with Gasteiger partial charge >= 0.3 is 5.97 Å². The predicted molar refractivity (Wildman–Crippen MR) is 92.8 cm³/mol. The van der Waals surface area contributed by atoms with Crippen LogP contribution in [0.5, 0.6) is 0 Å². The van der Waals surface area contributed by atoms with E-state index in [1.54, 1.807) is 13.0 Å². The van der Waals surface area contributed by atoms with Gasteiger partial charge in [0.15, 0.2) is 0 Å². The summed E-state index contributed by atoms with van der Waals surface area (Å²) in [6, 6.07) is 3.74. The molecule has 1 aliphatic heterocycles. The van der Waals surface area contributed by atoms with E-state index in [1.165, 1.54) is 12.1 Å². The zero-order valence-corrected chi connectivity index (χ0v) is 15.0. The van der Waals surface area contributed by atoms with Crippen LogP contribution in [0.2, 0.25) is 0 Å². The molecule has 7 heteroatoms. The summed E-state index contributed by atoms with van der Waals surface area (Å²) >= 11 is 0. The van der Waals surface area contributed by atoms with Crippen LogP contribution >= 0.6 is 0 Å². The van der Waals surface area contributed by atoms with Gasteiger partial charge in [-0.2, -0.15) is 0 Å². The van der Waals surface area contributed by atoms with Gasteiger partial charge in [-0.25, -0.2) is 4.39 Å². The number of halogens is 1. The summed E-state index contributed by atoms with van der Waals surface area (Å²) in [5, 5.41) is 12.5. The molecule has 0 spiro atoms. The van der Waals surface area contributed by atoms with Gasteiger partial charge < -0.3 is 10.4 Å². The molecule has 0 saturated carbocycles. The second-order valence-electron chi connectivity index (χ2n) is 6.78. The molecule has 2 N–H and O–H groups in total. The summed E-state index contributed by atoms with van der Waals surface area (Å²) in [4.78, 5) is 27.5. The molecule has 0 radical (unpaired) electrons. The minimum absolute atomic E-state index is 0.0209. The number of carboxylic acid groups (broad SMARTS) is 1. The van der Waals surface area contributed by atoms with Gasteiger partial charge in [-0.05, 0) is 38.0 Å². The van der Waals surface area contributed by atoms with Crippen LogP contribution in [0.25, 0.3) is 0 Å². The first-order valence-corrected chi connectivity index (χ1v) is 8.52. The lowest BCUT2D eigenvalue weighted by Crippen LogP contribution is -2.51. The van der Waals surface area contributed by atoms with Gasteiger partial charge in [0.25, 0.3) is 0 Å². The highest BCUT2D eigenvalue weighted by molar-refractivity contribution is 5.78. The fourth-order valence-corrected chi connectivity index (χ4v) is 3.10. The summed E-state index contributed by atoms with van der Waals surface area (Å²) in [7, 11) is 0. The molecule has 1 unspecified atom stereocenters. The van der Waals surface area contributed by atoms with Gasteiger partial charge in [-0.1, -0.05) is 12.1 Å². The van der Waals surface area contributed by atoms with Crippen molar-refractivity contribution in [2.24, 2.45) is 0 Å². The number of carbonyl (C=O) groups excluding carboxylic acids is 1. The molecule has 1 saturated heterocycles. The first-order chi connectivity index (χ1) is 11.8. The van der Waals surface area contributed by atoms with Crippen molar-refractivity contribution in [3.05, 3.63) is 35.1 Å². The Bertz CT molecular complexity index is 628. The summed E-state index contributed by atoms with van der Waals surface area (Å²) in [6.45, 7) is 8.11. The Morgan fingerprint density at radius 1 is 1.24 bits per heavy atom. The van der Waals surface area contributed by atoms with Crippen molar-refractivity contribution in [1.82, 2.24) is 15.1 Å². The monoisotopic (exact) mass is 351 g/mol. The number of amides is 1. The Morgan fingerprint density at radius 2 is 1.88 bits per heavy atom. The third-order valence-electron chi connectivity index (χ3n) is 4.32. The van der Waals surface area contributed by atoms with Crippen LogP contribution in [0.15, 0.2) is 18.2 Å². The van der Waals surface area contributed by atoms with E-state index in [0.717, 1.165) is 0 Å². The molecule has 1 amide bonds. The van der Waals surface area contributed by atoms with Gasteiger partial charge in [0.1, 0.15) is 11.9 Å². The summed E-state index contributed by atoms with van der Waals surface area (Å²) < 4.78 is 13.5. The van der Waals surface area contributed by atoms with Crippen molar-refractivity contribution < 1.29 is 19.1 Å². The fourth-order valence-electron chi connectivity index (χ4n) is 3.10. The third-order valence-corrected chi connectivity index (χ3v) is 4.32. The fraction of sp³-hybridized carbons (Fsp3) is 0.556. The molecule has 6 nitrogen and oxygen atoms in total. The maximum Gasteiger partial charge on any atom is 0.325 e. The van der Waals surface area contributed by atoms with Crippen molar-refractivity contribution >= 4 is 11.9 Å². The highest BCUT2D eigenvalue weighted by atomic mass is 19.1. The highest BCUT2D eigenvalue weighted by Gasteiger charge is 2.31. The average molecular weight is 351 g/mol. The minimum atomic E-state index is -0.947. The number of hydrogen-bond acceptors (Lipinski definition) is 4. The Kier molecular flexibility index (Phi) is 6.50. The van der Waals surface area contributed by atoms with E-state index in [1.807, 2.05) is 23.6 Å². The number of benzene rings is 1. The molecule has 1 aromatic rings. The Labute approximate surface area is 147 Å². The topological polar surface area (TPSA) is 72.9 Å². The number of hydrogen-bond donors (Lipinski definition) is 2. The molecular weight excluding hydrogens is 325 g/mol. The van der Waals surface area contributed by atoms with E-state index in [9.17, 15) is 19.1 Å². The van der Waals surface area contributed by atoms with E-state index < -0.39 is 12.0 Å². The van der Waals surface area contributed by atoms with Gasteiger partial charge in [0.05, 0.1) is 6.54 Å². The number of aliphatic carboxylic acids is 1. The van der Waals surface area contributed by atoms with Crippen LogP contribution < -0.4 is 5.32 Å². The minimum Gasteiger partial charge on any atom is -0.480 e. The number of carboxylic acids is 1. The van der Waals surface area contributed by atoms with Crippen molar-refractivity contribution in [1.29, 1.82) is 0 Å². The zero-order chi connectivity index (χ0) is 18.6. The van der Waals surface area contributed by atoms with Gasteiger partial charge in [-0.3, -0.25) is 19.4 Å². The molecular formula is C18H26FN3O3. The van der Waals surface area contributed by atoms with E-state index in [-0.39, 0.29) is 17.8 Å². The van der Waals surface area contributed by atoms with E-state index in [4.69, 9.17) is 0 Å². The summed E-state index contributed by atoms with van der Waals surface area (Å²) in [5.74, 6) is -1.31. The maximum absolute atomic E-state index is 13.5. The Hall–Kier alpha value is -1.99. The van der Waals surface area contributed by atoms with Gasteiger partial charge in [-0.15, -0.1) is 0 Å². The van der Waals surface area contributed by atoms with Crippen LogP contribution in [-0.2, 0) is 9.59 Å². The predicted octanol–water partition coefficient (Wildman–Crippen LogP) is 1.40. The zero-order valence-electron chi connectivity index (χ0n) is 15.0. The van der Waals surface area contributed by atoms with E-state index in [0.29, 0.717) is 43.9 Å². The molecule has 1 aliphatic rings. The van der Waals surface area contributed by atoms with Gasteiger partial charge in [0.2, 0.25) is 5.91 Å². The molecule has 2 rings (SSSR count). The lowest BCUT2D eigenvalue weighted by Gasteiger charge is -2.37. The SMILES string of the molecule is Cc1cc(C(C(=O)O)N2CCN(CC(=O)NC(C)C)CC2)ccc1F. The third kappa shape index (κ3) is 5.24. The van der Waals surface area contributed by atoms with Crippen LogP contribution in [0.3, 0.4) is 0 Å². The quantitative estimate of drug-likeness (QED) is 0.811. The second kappa shape index (κ2) is 8.40. The first kappa shape index (κ1) is 19.3. The van der Waals surface area contributed by atoms with Crippen molar-refractivity contribution in [3.8, 4) is 0 Å². The molecule has 1 atom stereocenters. The number of piperazine rings is 1. The molecule has 1 aromatic carbocycles. The molecule has 0 aromatic heterocycles. The first-order valence-electron chi connectivity index (χ1n) is 8.52. The van der Waals surface area contributed by atoms with Crippen molar-refractivity contribution in [2.45, 2.75) is 32.9 Å². The Balaban J connectivity index is 1.99. The van der Waals surface area contributed by atoms with E-state index >= 15 is 0 Å². The maximum atomic E-state index is 13.5. The van der Waals surface area contributed by atoms with Crippen LogP contribution in [0, 0.1) is 12.7 Å². The number of carbonyl (C=O) groups is 2. The molecule has 0 bridgehead atoms. The van der Waals surface area contributed by atoms with Crippen LogP contribution in [-0.4, -0.2) is 65.5 Å². The number of nitrogens with zero attached hydrogens (tertiary/aromatic N) is 2. The molecule has 25 heavy (non-hydrogen) atoms. The van der Waals surface area contributed by atoms with Crippen molar-refractivity contribution in [3.63, 3.8) is 0 Å². The lowest BCUT2D eigenvalue weighted by atomic mass is 10.0. The second-order valence-corrected chi connectivity index (χ2v) is 6.78. The highest BCUT2D eigenvalue weighted by Crippen LogP contribution is 2.24. The smallest absolute Gasteiger partial charge is 0.325 e. The van der Waals surface area contributed by atoms with Crippen molar-refractivity contribution in [2.75, 3.05) is 32.7 Å². The number of rotatable bonds is 6. The van der Waals surface area contributed by atoms with Crippen LogP contribution in [0.1, 0.15) is 31.0 Å². The normalized spacial score (nSPS) is 17.5. The molecule has 1 heterocycles. The Morgan fingerprint density at radius 3 is 2.40 bits per heavy atom. The average Bonchev–Trinajstić information content (AvgIpc) is 2.51. The lowest BCUT2D eigenvalue weighted by molar-refractivity contribution is -0.144. The van der Waals surface area contributed by atoms with E-state index in [2.05, 4.69) is 5.32 Å². The van der Waals surface area contributed by atoms with Gasteiger partial charge in [0, 0.05) is 32.2 Å².